The molecule has 0 aliphatic carbocycles. The lowest BCUT2D eigenvalue weighted by Gasteiger charge is -2.42. The van der Waals surface area contributed by atoms with Crippen molar-refractivity contribution in [2.24, 2.45) is 5.92 Å². The van der Waals surface area contributed by atoms with E-state index in [0.717, 1.165) is 37.0 Å². The van der Waals surface area contributed by atoms with Gasteiger partial charge < -0.3 is 14.5 Å². The molecule has 4 rings (SSSR count). The smallest absolute Gasteiger partial charge is 0.151 e. The van der Waals surface area contributed by atoms with Gasteiger partial charge in [-0.2, -0.15) is 0 Å². The average Bonchev–Trinajstić information content (AvgIpc) is 2.76. The molecule has 0 spiro atoms. The van der Waals surface area contributed by atoms with Crippen molar-refractivity contribution in [2.75, 3.05) is 38.2 Å². The summed E-state index contributed by atoms with van der Waals surface area (Å²) in [4.78, 5) is 5.04. The van der Waals surface area contributed by atoms with E-state index in [2.05, 4.69) is 48.1 Å². The maximum absolute atomic E-state index is 5.85. The van der Waals surface area contributed by atoms with Gasteiger partial charge in [0.05, 0.1) is 7.11 Å². The van der Waals surface area contributed by atoms with Crippen molar-refractivity contribution in [1.82, 2.24) is 15.1 Å². The fraction of sp³-hybridized carbons (Fsp3) is 0.545. The fourth-order valence-electron chi connectivity index (χ4n) is 4.61. The Hall–Kier alpha value is -1.37. The summed E-state index contributed by atoms with van der Waals surface area (Å²) in [7, 11) is 1.73. The van der Waals surface area contributed by atoms with E-state index in [1.165, 1.54) is 48.8 Å². The Morgan fingerprint density at radius 2 is 1.79 bits per heavy atom. The normalized spacial score (nSPS) is 19.5. The average molecular weight is 480 g/mol. The van der Waals surface area contributed by atoms with Crippen molar-refractivity contribution in [2.45, 2.75) is 38.1 Å². The molecule has 2 fully saturated rings. The van der Waals surface area contributed by atoms with Crippen LogP contribution >= 0.6 is 27.5 Å². The third-order valence-electron chi connectivity index (χ3n) is 6.33. The Kier molecular flexibility index (Phi) is 6.93. The van der Waals surface area contributed by atoms with Crippen molar-refractivity contribution in [3.8, 4) is 5.75 Å². The van der Waals surface area contributed by atoms with Crippen molar-refractivity contribution in [3.05, 3.63) is 45.5 Å². The molecule has 0 unspecified atom stereocenters. The lowest BCUT2D eigenvalue weighted by atomic mass is 9.88. The first-order valence-electron chi connectivity index (χ1n) is 10.4. The molecular formula is C22H28BrClN4O. The largest absolute Gasteiger partial charge is 0.497 e. The highest BCUT2D eigenvalue weighted by molar-refractivity contribution is 9.10. The topological polar surface area (TPSA) is 41.5 Å². The molecule has 3 heterocycles. The molecule has 2 aliphatic rings. The summed E-state index contributed by atoms with van der Waals surface area (Å²) in [5.74, 6) is 2.63. The van der Waals surface area contributed by atoms with Crippen LogP contribution in [0.3, 0.4) is 0 Å². The summed E-state index contributed by atoms with van der Waals surface area (Å²) < 4.78 is 6.59. The number of rotatable bonds is 5. The molecular weight excluding hydrogens is 452 g/mol. The van der Waals surface area contributed by atoms with Crippen LogP contribution in [0.5, 0.6) is 5.75 Å². The SMILES string of the molecule is COc1ccc(Br)c(CC2CCN(C3CCN(c4ccc(Cl)nn4)CC3)CC2)c1. The predicted molar refractivity (Wildman–Crippen MR) is 121 cm³/mol. The van der Waals surface area contributed by atoms with Crippen molar-refractivity contribution >= 4 is 33.3 Å². The first kappa shape index (κ1) is 20.9. The molecule has 0 radical (unpaired) electrons. The minimum atomic E-state index is 0.451. The minimum absolute atomic E-state index is 0.451. The van der Waals surface area contributed by atoms with Gasteiger partial charge in [0.25, 0.3) is 0 Å². The van der Waals surface area contributed by atoms with E-state index in [4.69, 9.17) is 16.3 Å². The molecule has 1 aromatic heterocycles. The van der Waals surface area contributed by atoms with Gasteiger partial charge in [0, 0.05) is 23.6 Å². The van der Waals surface area contributed by atoms with Gasteiger partial charge in [-0.3, -0.25) is 0 Å². The molecule has 0 saturated carbocycles. The second-order valence-corrected chi connectivity index (χ2v) is 9.31. The highest BCUT2D eigenvalue weighted by atomic mass is 79.9. The lowest BCUT2D eigenvalue weighted by molar-refractivity contribution is 0.115. The van der Waals surface area contributed by atoms with Gasteiger partial charge >= 0.3 is 0 Å². The maximum Gasteiger partial charge on any atom is 0.151 e. The van der Waals surface area contributed by atoms with Gasteiger partial charge in [0.2, 0.25) is 0 Å². The summed E-state index contributed by atoms with van der Waals surface area (Å²) in [5.41, 5.74) is 1.36. The number of hydrogen-bond donors (Lipinski definition) is 0. The Morgan fingerprint density at radius 3 is 2.45 bits per heavy atom. The van der Waals surface area contributed by atoms with Gasteiger partial charge in [0.1, 0.15) is 5.75 Å². The number of hydrogen-bond acceptors (Lipinski definition) is 5. The summed E-state index contributed by atoms with van der Waals surface area (Å²) in [6.45, 7) is 4.49. The molecule has 2 saturated heterocycles. The Morgan fingerprint density at radius 1 is 1.03 bits per heavy atom. The Balaban J connectivity index is 1.26. The number of ether oxygens (including phenoxy) is 1. The Labute approximate surface area is 186 Å². The van der Waals surface area contributed by atoms with E-state index in [9.17, 15) is 0 Å². The molecule has 2 aliphatic heterocycles. The molecule has 5 nitrogen and oxygen atoms in total. The minimum Gasteiger partial charge on any atom is -0.497 e. The predicted octanol–water partition coefficient (Wildman–Crippen LogP) is 4.82. The summed E-state index contributed by atoms with van der Waals surface area (Å²) in [6, 6.07) is 10.8. The van der Waals surface area contributed by atoms with Crippen molar-refractivity contribution in [1.29, 1.82) is 0 Å². The van der Waals surface area contributed by atoms with E-state index in [1.54, 1.807) is 7.11 Å². The third kappa shape index (κ3) is 5.22. The monoisotopic (exact) mass is 478 g/mol. The van der Waals surface area contributed by atoms with Crippen LogP contribution in [0.2, 0.25) is 5.15 Å². The van der Waals surface area contributed by atoms with Gasteiger partial charge in [-0.25, -0.2) is 0 Å². The quantitative estimate of drug-likeness (QED) is 0.615. The van der Waals surface area contributed by atoms with Crippen LogP contribution in [0, 0.1) is 5.92 Å². The zero-order chi connectivity index (χ0) is 20.2. The highest BCUT2D eigenvalue weighted by Crippen LogP contribution is 2.30. The summed E-state index contributed by atoms with van der Waals surface area (Å²) in [6.07, 6.45) is 6.05. The molecule has 1 aromatic carbocycles. The standard InChI is InChI=1S/C22H28BrClN4O/c1-29-19-2-3-20(23)17(15-19)14-16-6-10-27(11-7-16)18-8-12-28(13-9-18)22-5-4-21(24)25-26-22/h2-5,15-16,18H,6-14H2,1H3. The molecule has 29 heavy (non-hydrogen) atoms. The highest BCUT2D eigenvalue weighted by Gasteiger charge is 2.29. The number of benzene rings is 1. The zero-order valence-electron chi connectivity index (χ0n) is 16.9. The second-order valence-electron chi connectivity index (χ2n) is 8.07. The van der Waals surface area contributed by atoms with Crippen LogP contribution in [0.25, 0.3) is 0 Å². The molecule has 0 atom stereocenters. The van der Waals surface area contributed by atoms with Gasteiger partial charge in [-0.15, -0.1) is 10.2 Å². The van der Waals surface area contributed by atoms with Crippen LogP contribution in [-0.4, -0.2) is 54.4 Å². The van der Waals surface area contributed by atoms with E-state index >= 15 is 0 Å². The summed E-state index contributed by atoms with van der Waals surface area (Å²) in [5, 5.41) is 8.65. The van der Waals surface area contributed by atoms with Crippen molar-refractivity contribution < 1.29 is 4.74 Å². The number of piperidine rings is 2. The molecule has 0 N–H and O–H groups in total. The van der Waals surface area contributed by atoms with E-state index < -0.39 is 0 Å². The van der Waals surface area contributed by atoms with E-state index in [0.29, 0.717) is 11.2 Å². The second kappa shape index (κ2) is 9.63. The lowest BCUT2D eigenvalue weighted by Crippen LogP contribution is -2.48. The van der Waals surface area contributed by atoms with Gasteiger partial charge in [0.15, 0.2) is 11.0 Å². The first-order chi connectivity index (χ1) is 14.1. The van der Waals surface area contributed by atoms with Crippen LogP contribution in [0.15, 0.2) is 34.8 Å². The number of anilines is 1. The summed E-state index contributed by atoms with van der Waals surface area (Å²) >= 11 is 9.56. The Bertz CT molecular complexity index is 803. The number of likely N-dealkylation sites (tertiary alicyclic amines) is 1. The molecule has 0 amide bonds. The zero-order valence-corrected chi connectivity index (χ0v) is 19.2. The van der Waals surface area contributed by atoms with Crippen LogP contribution in [-0.2, 0) is 6.42 Å². The van der Waals surface area contributed by atoms with Gasteiger partial charge in [-0.1, -0.05) is 27.5 Å². The fourth-order valence-corrected chi connectivity index (χ4v) is 5.11. The van der Waals surface area contributed by atoms with Crippen LogP contribution < -0.4 is 9.64 Å². The van der Waals surface area contributed by atoms with Crippen LogP contribution in [0.4, 0.5) is 5.82 Å². The van der Waals surface area contributed by atoms with Gasteiger partial charge in [-0.05, 0) is 87.0 Å². The molecule has 2 aromatic rings. The van der Waals surface area contributed by atoms with Crippen LogP contribution in [0.1, 0.15) is 31.2 Å². The first-order valence-corrected chi connectivity index (χ1v) is 11.6. The molecule has 156 valence electrons. The van der Waals surface area contributed by atoms with E-state index in [-0.39, 0.29) is 0 Å². The number of methoxy groups -OCH3 is 1. The van der Waals surface area contributed by atoms with E-state index in [1.807, 2.05) is 18.2 Å². The molecule has 7 heteroatoms. The molecule has 0 bridgehead atoms. The third-order valence-corrected chi connectivity index (χ3v) is 7.31. The maximum atomic E-state index is 5.85. The van der Waals surface area contributed by atoms with Crippen molar-refractivity contribution in [3.63, 3.8) is 0 Å². The number of halogens is 2. The number of nitrogens with zero attached hydrogens (tertiary/aromatic N) is 4. The number of aromatic nitrogens is 2.